The van der Waals surface area contributed by atoms with Gasteiger partial charge in [-0.3, -0.25) is 9.59 Å². The number of imidazole rings is 1. The van der Waals surface area contributed by atoms with Gasteiger partial charge in [0.15, 0.2) is 0 Å². The molecule has 0 radical (unpaired) electrons. The minimum absolute atomic E-state index is 0.0232. The van der Waals surface area contributed by atoms with Crippen molar-refractivity contribution in [3.05, 3.63) is 89.7 Å². The number of aryl methyl sites for hydroxylation is 1. The zero-order chi connectivity index (χ0) is 23.4. The summed E-state index contributed by atoms with van der Waals surface area (Å²) in [7, 11) is 0. The highest BCUT2D eigenvalue weighted by Gasteiger charge is 2.30. The van der Waals surface area contributed by atoms with E-state index in [0.29, 0.717) is 17.9 Å². The summed E-state index contributed by atoms with van der Waals surface area (Å²) in [5.41, 5.74) is 1.49. The maximum absolute atomic E-state index is 12.9. The number of carbonyl (C=O) groups excluding carboxylic acids is 2. The van der Waals surface area contributed by atoms with E-state index in [-0.39, 0.29) is 23.6 Å². The Kier molecular flexibility index (Phi) is 6.12. The number of rotatable bonds is 6. The molecular weight excluding hydrogens is 433 g/mol. The number of halogens is 3. The lowest BCUT2D eigenvalue weighted by molar-refractivity contribution is -0.137. The van der Waals surface area contributed by atoms with E-state index in [9.17, 15) is 22.8 Å². The van der Waals surface area contributed by atoms with Gasteiger partial charge in [-0.05, 0) is 48.5 Å². The average molecular weight is 452 g/mol. The zero-order valence-electron chi connectivity index (χ0n) is 17.2. The second-order valence-corrected chi connectivity index (χ2v) is 7.36. The van der Waals surface area contributed by atoms with Gasteiger partial charge in [0.05, 0.1) is 16.6 Å². The Labute approximate surface area is 186 Å². The molecular formula is C24H19F3N4O2. The van der Waals surface area contributed by atoms with Crippen LogP contribution >= 0.6 is 0 Å². The van der Waals surface area contributed by atoms with Crippen molar-refractivity contribution in [2.45, 2.75) is 19.0 Å². The van der Waals surface area contributed by atoms with E-state index in [1.807, 2.05) is 24.3 Å². The van der Waals surface area contributed by atoms with Gasteiger partial charge in [-0.15, -0.1) is 0 Å². The van der Waals surface area contributed by atoms with Crippen LogP contribution in [-0.2, 0) is 17.4 Å². The molecule has 168 valence electrons. The molecule has 3 aromatic carbocycles. The largest absolute Gasteiger partial charge is 0.416 e. The quantitative estimate of drug-likeness (QED) is 0.366. The summed E-state index contributed by atoms with van der Waals surface area (Å²) < 4.78 is 38.6. The molecule has 9 heteroatoms. The van der Waals surface area contributed by atoms with Crippen molar-refractivity contribution in [2.24, 2.45) is 0 Å². The molecule has 0 aliphatic rings. The molecule has 0 aliphatic carbocycles. The van der Waals surface area contributed by atoms with Gasteiger partial charge in [0.2, 0.25) is 5.91 Å². The van der Waals surface area contributed by atoms with E-state index in [1.165, 1.54) is 24.3 Å². The highest BCUT2D eigenvalue weighted by atomic mass is 19.4. The third kappa shape index (κ3) is 5.57. The van der Waals surface area contributed by atoms with E-state index in [0.717, 1.165) is 23.2 Å². The fourth-order valence-electron chi connectivity index (χ4n) is 3.29. The van der Waals surface area contributed by atoms with E-state index < -0.39 is 17.6 Å². The molecule has 3 N–H and O–H groups in total. The Morgan fingerprint density at radius 2 is 1.61 bits per heavy atom. The molecule has 4 aromatic rings. The fraction of sp³-hybridized carbons (Fsp3) is 0.125. The number of para-hydroxylation sites is 2. The molecule has 33 heavy (non-hydrogen) atoms. The molecule has 0 atom stereocenters. The summed E-state index contributed by atoms with van der Waals surface area (Å²) in [4.78, 5) is 32.4. The lowest BCUT2D eigenvalue weighted by Crippen LogP contribution is -2.15. The van der Waals surface area contributed by atoms with Gasteiger partial charge in [-0.25, -0.2) is 4.98 Å². The van der Waals surface area contributed by atoms with Crippen LogP contribution in [0, 0.1) is 0 Å². The van der Waals surface area contributed by atoms with Crippen LogP contribution in [0.3, 0.4) is 0 Å². The van der Waals surface area contributed by atoms with Crippen LogP contribution < -0.4 is 10.6 Å². The minimum Gasteiger partial charge on any atom is -0.342 e. The average Bonchev–Trinajstić information content (AvgIpc) is 3.21. The first-order valence-corrected chi connectivity index (χ1v) is 10.1. The molecule has 1 heterocycles. The van der Waals surface area contributed by atoms with Crippen molar-refractivity contribution in [1.29, 1.82) is 0 Å². The summed E-state index contributed by atoms with van der Waals surface area (Å²) in [5, 5.41) is 5.17. The van der Waals surface area contributed by atoms with Gasteiger partial charge in [0.25, 0.3) is 5.91 Å². The van der Waals surface area contributed by atoms with Crippen LogP contribution in [0.2, 0.25) is 0 Å². The molecule has 0 bridgehead atoms. The number of nitrogens with zero attached hydrogens (tertiary/aromatic N) is 1. The Morgan fingerprint density at radius 1 is 0.879 bits per heavy atom. The Hall–Kier alpha value is -4.14. The third-order valence-electron chi connectivity index (χ3n) is 4.88. The molecule has 0 fully saturated rings. The summed E-state index contributed by atoms with van der Waals surface area (Å²) >= 11 is 0. The van der Waals surface area contributed by atoms with Gasteiger partial charge >= 0.3 is 6.18 Å². The number of carbonyl (C=O) groups is 2. The topological polar surface area (TPSA) is 86.9 Å². The Morgan fingerprint density at radius 3 is 2.36 bits per heavy atom. The molecule has 0 unspecified atom stereocenters. The van der Waals surface area contributed by atoms with Crippen molar-refractivity contribution in [3.63, 3.8) is 0 Å². The maximum atomic E-state index is 12.9. The van der Waals surface area contributed by atoms with E-state index in [2.05, 4.69) is 20.6 Å². The highest BCUT2D eigenvalue weighted by Crippen LogP contribution is 2.30. The minimum atomic E-state index is -4.51. The molecule has 0 saturated heterocycles. The number of aromatic nitrogens is 2. The third-order valence-corrected chi connectivity index (χ3v) is 4.88. The van der Waals surface area contributed by atoms with E-state index in [1.54, 1.807) is 12.1 Å². The van der Waals surface area contributed by atoms with Crippen molar-refractivity contribution >= 4 is 34.2 Å². The number of aromatic amines is 1. The zero-order valence-corrected chi connectivity index (χ0v) is 17.2. The predicted molar refractivity (Wildman–Crippen MR) is 119 cm³/mol. The van der Waals surface area contributed by atoms with E-state index >= 15 is 0 Å². The number of benzene rings is 3. The lowest BCUT2D eigenvalue weighted by Gasteiger charge is -2.11. The summed E-state index contributed by atoms with van der Waals surface area (Å²) in [6.45, 7) is 0. The van der Waals surface area contributed by atoms with Crippen LogP contribution in [0.5, 0.6) is 0 Å². The highest BCUT2D eigenvalue weighted by molar-refractivity contribution is 6.05. The first-order valence-electron chi connectivity index (χ1n) is 10.1. The summed E-state index contributed by atoms with van der Waals surface area (Å²) in [5.74, 6) is -0.154. The van der Waals surface area contributed by atoms with Crippen LogP contribution in [0.15, 0.2) is 72.8 Å². The number of anilines is 2. The molecule has 1 aromatic heterocycles. The number of nitrogens with one attached hydrogen (secondary N) is 3. The van der Waals surface area contributed by atoms with Crippen LogP contribution in [-0.4, -0.2) is 21.8 Å². The molecule has 0 aliphatic heterocycles. The molecule has 0 spiro atoms. The number of hydrogen-bond acceptors (Lipinski definition) is 3. The van der Waals surface area contributed by atoms with Crippen molar-refractivity contribution in [1.82, 2.24) is 9.97 Å². The molecule has 2 amide bonds. The first kappa shape index (κ1) is 22.1. The van der Waals surface area contributed by atoms with Gasteiger partial charge < -0.3 is 15.6 Å². The van der Waals surface area contributed by atoms with Crippen LogP contribution in [0.25, 0.3) is 11.0 Å². The second-order valence-electron chi connectivity index (χ2n) is 7.36. The van der Waals surface area contributed by atoms with Gasteiger partial charge in [0.1, 0.15) is 5.82 Å². The number of hydrogen-bond donors (Lipinski definition) is 3. The molecule has 6 nitrogen and oxygen atoms in total. The normalized spacial score (nSPS) is 11.4. The number of fused-ring (bicyclic) bond motifs is 1. The first-order chi connectivity index (χ1) is 15.8. The Balaban J connectivity index is 1.37. The van der Waals surface area contributed by atoms with Crippen molar-refractivity contribution in [2.75, 3.05) is 10.6 Å². The number of alkyl halides is 3. The fourth-order valence-corrected chi connectivity index (χ4v) is 3.29. The standard InChI is InChI=1S/C24H19F3N4O2/c25-24(26,27)16-6-4-8-18(14-16)29-23(33)15-5-3-7-17(13-15)28-22(32)12-11-21-30-19-9-1-2-10-20(19)31-21/h1-10,13-14H,11-12H2,(H,28,32)(H,29,33)(H,30,31). The Bertz CT molecular complexity index is 1280. The summed E-state index contributed by atoms with van der Waals surface area (Å²) in [6, 6.07) is 18.1. The second kappa shape index (κ2) is 9.15. The SMILES string of the molecule is O=C(CCc1nc2ccccc2[nH]1)Nc1cccc(C(=O)Nc2cccc(C(F)(F)F)c2)c1. The van der Waals surface area contributed by atoms with Crippen molar-refractivity contribution in [3.8, 4) is 0 Å². The van der Waals surface area contributed by atoms with Gasteiger partial charge in [-0.2, -0.15) is 13.2 Å². The van der Waals surface area contributed by atoms with Gasteiger partial charge in [-0.1, -0.05) is 24.3 Å². The van der Waals surface area contributed by atoms with E-state index in [4.69, 9.17) is 0 Å². The predicted octanol–water partition coefficient (Wildman–Crippen LogP) is 5.41. The number of H-pyrrole nitrogens is 1. The summed E-state index contributed by atoms with van der Waals surface area (Å²) in [6.07, 6.45) is -3.91. The van der Waals surface area contributed by atoms with Crippen LogP contribution in [0.1, 0.15) is 28.2 Å². The number of amides is 2. The molecule has 4 rings (SSSR count). The molecule has 0 saturated carbocycles. The van der Waals surface area contributed by atoms with Crippen LogP contribution in [0.4, 0.5) is 24.5 Å². The smallest absolute Gasteiger partial charge is 0.342 e. The van der Waals surface area contributed by atoms with Crippen molar-refractivity contribution < 1.29 is 22.8 Å². The monoisotopic (exact) mass is 452 g/mol. The lowest BCUT2D eigenvalue weighted by atomic mass is 10.1. The van der Waals surface area contributed by atoms with Gasteiger partial charge in [0, 0.05) is 29.8 Å². The maximum Gasteiger partial charge on any atom is 0.416 e.